The van der Waals surface area contributed by atoms with Crippen LogP contribution in [0.25, 0.3) is 0 Å². The molecule has 0 aromatic carbocycles. The number of alkyl halides is 6. The van der Waals surface area contributed by atoms with Crippen LogP contribution in [0.15, 0.2) is 0 Å². The lowest BCUT2D eigenvalue weighted by atomic mass is 10.5. The number of sulfone groups is 2. The Balaban J connectivity index is 5.95. The summed E-state index contributed by atoms with van der Waals surface area (Å²) in [7, 11) is -13.1. The van der Waals surface area contributed by atoms with E-state index in [0.717, 1.165) is 0 Å². The van der Waals surface area contributed by atoms with Gasteiger partial charge in [0.2, 0.25) is 0 Å². The monoisotopic (exact) mass is 323 g/mol. The summed E-state index contributed by atoms with van der Waals surface area (Å²) >= 11 is 0. The Kier molecular flexibility index (Phi) is 4.69. The number of hydrogen-bond acceptors (Lipinski definition) is 5. The average molecular weight is 323 g/mol. The molecule has 0 rings (SSSR count). The van der Waals surface area contributed by atoms with E-state index in [9.17, 15) is 43.2 Å². The molecule has 0 atom stereocenters. The minimum Gasteiger partial charge on any atom is -0.330 e. The molecule has 0 saturated carbocycles. The summed E-state index contributed by atoms with van der Waals surface area (Å²) in [6.07, 6.45) is -1.51. The summed E-state index contributed by atoms with van der Waals surface area (Å²) < 4.78 is 112. The highest BCUT2D eigenvalue weighted by Crippen LogP contribution is 2.37. The molecule has 13 heteroatoms. The Morgan fingerprint density at radius 3 is 1.28 bits per heavy atom. The van der Waals surface area contributed by atoms with Gasteiger partial charge in [-0.3, -0.25) is 0 Å². The van der Waals surface area contributed by atoms with Crippen molar-refractivity contribution in [3.8, 4) is 0 Å². The van der Waals surface area contributed by atoms with Crippen LogP contribution in [0.2, 0.25) is 0 Å². The van der Waals surface area contributed by atoms with Gasteiger partial charge in [0.25, 0.3) is 19.7 Å². The van der Waals surface area contributed by atoms with E-state index in [1.54, 1.807) is 0 Å². The van der Waals surface area contributed by atoms with Crippen LogP contribution in [0.1, 0.15) is 6.42 Å². The molecule has 0 aliphatic rings. The second-order valence-corrected chi connectivity index (χ2v) is 7.53. The third-order valence-electron chi connectivity index (χ3n) is 1.74. The van der Waals surface area contributed by atoms with Crippen LogP contribution in [0, 0.1) is 0 Å². The molecule has 2 N–H and O–H groups in total. The molecule has 0 amide bonds. The van der Waals surface area contributed by atoms with E-state index < -0.39 is 48.2 Å². The smallest absolute Gasteiger partial charge is 0.330 e. The first-order valence-corrected chi connectivity index (χ1v) is 7.09. The molecule has 0 bridgehead atoms. The van der Waals surface area contributed by atoms with Gasteiger partial charge in [-0.05, 0) is 13.0 Å². The van der Waals surface area contributed by atoms with Crippen molar-refractivity contribution in [1.29, 1.82) is 0 Å². The molecule has 0 aromatic heterocycles. The predicted molar refractivity (Wildman–Crippen MR) is 47.4 cm³/mol. The summed E-state index contributed by atoms with van der Waals surface area (Å²) in [5.74, 6) is 0. The zero-order chi connectivity index (χ0) is 15.0. The average Bonchev–Trinajstić information content (AvgIpc) is 2.09. The molecule has 0 aliphatic heterocycles. The van der Waals surface area contributed by atoms with Crippen molar-refractivity contribution in [2.45, 2.75) is 22.0 Å². The van der Waals surface area contributed by atoms with Gasteiger partial charge in [0.15, 0.2) is 4.58 Å². The second kappa shape index (κ2) is 4.85. The Bertz CT molecular complexity index is 445. The lowest BCUT2D eigenvalue weighted by Gasteiger charge is -2.20. The van der Waals surface area contributed by atoms with Gasteiger partial charge in [-0.25, -0.2) is 16.8 Å². The zero-order valence-corrected chi connectivity index (χ0v) is 9.92. The van der Waals surface area contributed by atoms with E-state index in [1.165, 1.54) is 0 Å². The molecule has 5 nitrogen and oxygen atoms in total. The molecule has 0 heterocycles. The molecule has 0 fully saturated rings. The maximum absolute atomic E-state index is 12.1. The minimum atomic E-state index is -6.53. The second-order valence-electron chi connectivity index (χ2n) is 2.99. The van der Waals surface area contributed by atoms with Crippen LogP contribution in [-0.4, -0.2) is 39.0 Å². The Hall–Kier alpha value is -0.560. The van der Waals surface area contributed by atoms with Gasteiger partial charge < -0.3 is 5.73 Å². The zero-order valence-electron chi connectivity index (χ0n) is 8.29. The van der Waals surface area contributed by atoms with Crippen molar-refractivity contribution >= 4 is 19.7 Å². The quantitative estimate of drug-likeness (QED) is 0.762. The van der Waals surface area contributed by atoms with Gasteiger partial charge >= 0.3 is 11.0 Å². The van der Waals surface area contributed by atoms with Crippen LogP contribution in [-0.2, 0) is 19.7 Å². The number of halogens is 6. The van der Waals surface area contributed by atoms with Crippen molar-refractivity contribution in [3.05, 3.63) is 0 Å². The SMILES string of the molecule is NCCC(S(=O)(=O)C(F)(F)F)S(=O)(=O)C(F)(F)F. The molecule has 110 valence electrons. The molecule has 0 aromatic rings. The molecule has 0 radical (unpaired) electrons. The Morgan fingerprint density at radius 2 is 1.11 bits per heavy atom. The van der Waals surface area contributed by atoms with E-state index in [4.69, 9.17) is 0 Å². The Morgan fingerprint density at radius 1 is 0.833 bits per heavy atom. The number of hydrogen-bond donors (Lipinski definition) is 1. The standard InChI is InChI=1S/C5H7F6NO4S2/c6-4(7,8)17(13,14)3(1-2-12)18(15,16)5(9,10)11/h3H,1-2,12H2. The van der Waals surface area contributed by atoms with Crippen LogP contribution in [0.3, 0.4) is 0 Å². The van der Waals surface area contributed by atoms with Gasteiger partial charge in [0, 0.05) is 0 Å². The summed E-state index contributed by atoms with van der Waals surface area (Å²) in [6, 6.07) is 0. The van der Waals surface area contributed by atoms with Gasteiger partial charge in [0.05, 0.1) is 0 Å². The maximum atomic E-state index is 12.1. The van der Waals surface area contributed by atoms with Crippen molar-refractivity contribution in [1.82, 2.24) is 0 Å². The van der Waals surface area contributed by atoms with Crippen molar-refractivity contribution in [2.24, 2.45) is 5.73 Å². The minimum absolute atomic E-state index is 0.977. The highest BCUT2D eigenvalue weighted by molar-refractivity contribution is 8.09. The fraction of sp³-hybridized carbons (Fsp3) is 1.00. The third-order valence-corrected chi connectivity index (χ3v) is 6.41. The first-order valence-electron chi connectivity index (χ1n) is 4.00. The van der Waals surface area contributed by atoms with Crippen LogP contribution >= 0.6 is 0 Å². The molecule has 0 aliphatic carbocycles. The van der Waals surface area contributed by atoms with Crippen molar-refractivity contribution in [2.75, 3.05) is 6.54 Å². The summed E-state index contributed by atoms with van der Waals surface area (Å²) in [4.78, 5) is 0. The highest BCUT2D eigenvalue weighted by Gasteiger charge is 2.62. The van der Waals surface area contributed by atoms with Gasteiger partial charge in [-0.15, -0.1) is 0 Å². The van der Waals surface area contributed by atoms with E-state index in [1.807, 2.05) is 0 Å². The molecule has 0 saturated heterocycles. The lowest BCUT2D eigenvalue weighted by Crippen LogP contribution is -2.45. The van der Waals surface area contributed by atoms with Crippen molar-refractivity contribution < 1.29 is 43.2 Å². The molecular formula is C5H7F6NO4S2. The van der Waals surface area contributed by atoms with E-state index >= 15 is 0 Å². The summed E-state index contributed by atoms with van der Waals surface area (Å²) in [5, 5.41) is 0. The summed E-state index contributed by atoms with van der Waals surface area (Å²) in [6.45, 7) is -0.977. The topological polar surface area (TPSA) is 94.3 Å². The lowest BCUT2D eigenvalue weighted by molar-refractivity contribution is -0.0472. The Labute approximate surface area is 97.8 Å². The molecule has 18 heavy (non-hydrogen) atoms. The van der Waals surface area contributed by atoms with Crippen LogP contribution in [0.4, 0.5) is 26.3 Å². The molecule has 0 unspecified atom stereocenters. The number of nitrogens with two attached hydrogens (primary N) is 1. The predicted octanol–water partition coefficient (Wildman–Crippen LogP) is 0.531. The largest absolute Gasteiger partial charge is 0.498 e. The molecule has 0 spiro atoms. The van der Waals surface area contributed by atoms with Crippen molar-refractivity contribution in [3.63, 3.8) is 0 Å². The number of rotatable bonds is 4. The van der Waals surface area contributed by atoms with E-state index in [2.05, 4.69) is 5.73 Å². The van der Waals surface area contributed by atoms with Gasteiger partial charge in [-0.1, -0.05) is 0 Å². The van der Waals surface area contributed by atoms with E-state index in [-0.39, 0.29) is 0 Å². The highest BCUT2D eigenvalue weighted by atomic mass is 32.3. The van der Waals surface area contributed by atoms with Crippen LogP contribution in [0.5, 0.6) is 0 Å². The fourth-order valence-corrected chi connectivity index (χ4v) is 4.39. The molecular weight excluding hydrogens is 316 g/mol. The first-order chi connectivity index (χ1) is 7.69. The fourth-order valence-electron chi connectivity index (χ4n) is 0.911. The van der Waals surface area contributed by atoms with Crippen LogP contribution < -0.4 is 5.73 Å². The van der Waals surface area contributed by atoms with Gasteiger partial charge in [0.1, 0.15) is 0 Å². The summed E-state index contributed by atoms with van der Waals surface area (Å²) in [5.41, 5.74) is -7.59. The van der Waals surface area contributed by atoms with E-state index in [0.29, 0.717) is 0 Å². The maximum Gasteiger partial charge on any atom is 0.498 e. The van der Waals surface area contributed by atoms with Gasteiger partial charge in [-0.2, -0.15) is 26.3 Å². The third kappa shape index (κ3) is 3.06. The first kappa shape index (κ1) is 17.4. The normalized spacial score (nSPS) is 15.1.